The number of sulfonamides is 1. The maximum Gasteiger partial charge on any atom is 0.417 e. The molecule has 3 aromatic rings. The van der Waals surface area contributed by atoms with E-state index in [2.05, 4.69) is 0 Å². The Balaban J connectivity index is 1.95. The van der Waals surface area contributed by atoms with Crippen LogP contribution in [0.5, 0.6) is 5.75 Å². The van der Waals surface area contributed by atoms with Crippen molar-refractivity contribution in [3.05, 3.63) is 89.5 Å². The molecule has 170 valence electrons. The third-order valence-corrected chi connectivity index (χ3v) is 6.90. The molecular weight excluding hydrogens is 439 g/mol. The van der Waals surface area contributed by atoms with E-state index in [0.29, 0.717) is 24.8 Å². The van der Waals surface area contributed by atoms with Gasteiger partial charge in [-0.1, -0.05) is 42.5 Å². The molecule has 0 amide bonds. The van der Waals surface area contributed by atoms with Crippen molar-refractivity contribution in [3.63, 3.8) is 0 Å². The predicted octanol–water partition coefficient (Wildman–Crippen LogP) is 5.94. The second kappa shape index (κ2) is 9.65. The van der Waals surface area contributed by atoms with Crippen LogP contribution < -0.4 is 4.31 Å². The van der Waals surface area contributed by atoms with E-state index in [1.54, 1.807) is 6.92 Å². The van der Waals surface area contributed by atoms with Crippen LogP contribution in [0.1, 0.15) is 29.5 Å². The van der Waals surface area contributed by atoms with Crippen molar-refractivity contribution >= 4 is 15.7 Å². The molecular formula is C24H24F3NO3S. The van der Waals surface area contributed by atoms with E-state index in [0.717, 1.165) is 28.1 Å². The van der Waals surface area contributed by atoms with Gasteiger partial charge in [-0.25, -0.2) is 8.42 Å². The van der Waals surface area contributed by atoms with E-state index in [9.17, 15) is 26.7 Å². The Morgan fingerprint density at radius 2 is 1.56 bits per heavy atom. The number of nitrogens with zero attached hydrogens (tertiary/aromatic N) is 1. The lowest BCUT2D eigenvalue weighted by atomic mass is 10.1. The summed E-state index contributed by atoms with van der Waals surface area (Å²) in [7, 11) is -4.54. The van der Waals surface area contributed by atoms with Crippen LogP contribution in [0, 0.1) is 6.92 Å². The van der Waals surface area contributed by atoms with Crippen LogP contribution in [0.2, 0.25) is 0 Å². The summed E-state index contributed by atoms with van der Waals surface area (Å²) in [5.41, 5.74) is 0.594. The lowest BCUT2D eigenvalue weighted by molar-refractivity contribution is -0.139. The number of anilines is 1. The van der Waals surface area contributed by atoms with E-state index < -0.39 is 26.7 Å². The van der Waals surface area contributed by atoms with Gasteiger partial charge in [0.25, 0.3) is 10.0 Å². The van der Waals surface area contributed by atoms with Crippen molar-refractivity contribution in [1.29, 1.82) is 0 Å². The number of aryl methyl sites for hydroxylation is 2. The second-order valence-electron chi connectivity index (χ2n) is 7.54. The summed E-state index contributed by atoms with van der Waals surface area (Å²) in [6.07, 6.45) is -3.03. The Morgan fingerprint density at radius 1 is 0.906 bits per heavy atom. The van der Waals surface area contributed by atoms with Crippen molar-refractivity contribution < 1.29 is 26.7 Å². The third kappa shape index (κ3) is 5.62. The van der Waals surface area contributed by atoms with Gasteiger partial charge in [-0.05, 0) is 61.6 Å². The van der Waals surface area contributed by atoms with Gasteiger partial charge in [0.2, 0.25) is 0 Å². The van der Waals surface area contributed by atoms with Crippen LogP contribution in [0.25, 0.3) is 0 Å². The molecule has 0 saturated heterocycles. The number of alkyl halides is 3. The Labute approximate surface area is 186 Å². The van der Waals surface area contributed by atoms with Gasteiger partial charge in [-0.3, -0.25) is 4.31 Å². The second-order valence-corrected chi connectivity index (χ2v) is 9.37. The number of rotatable bonds is 8. The standard InChI is InChI=1S/C24H24F3NO3S/c1-18-15-20(17-21(29)16-18)28(14-8-7-11-19-9-3-2-4-10-19)32(30,31)23-13-6-5-12-22(23)24(25,26)27/h2-6,9-10,12-13,15-17,29H,7-8,11,14H2,1H3. The zero-order chi connectivity index (χ0) is 23.4. The summed E-state index contributed by atoms with van der Waals surface area (Å²) in [6.45, 7) is 1.65. The number of phenolic OH excluding ortho intramolecular Hbond substituents is 1. The van der Waals surface area contributed by atoms with Crippen molar-refractivity contribution in [2.75, 3.05) is 10.8 Å². The van der Waals surface area contributed by atoms with Gasteiger partial charge >= 0.3 is 6.18 Å². The van der Waals surface area contributed by atoms with Gasteiger partial charge in [0.15, 0.2) is 0 Å². The predicted molar refractivity (Wildman–Crippen MR) is 118 cm³/mol. The lowest BCUT2D eigenvalue weighted by Gasteiger charge is -2.26. The molecule has 0 aliphatic carbocycles. The zero-order valence-corrected chi connectivity index (χ0v) is 18.3. The minimum Gasteiger partial charge on any atom is -0.508 e. The van der Waals surface area contributed by atoms with Gasteiger partial charge in [0.05, 0.1) is 16.1 Å². The Kier molecular flexibility index (Phi) is 7.13. The molecule has 0 unspecified atom stereocenters. The molecule has 0 atom stereocenters. The number of phenols is 1. The molecule has 0 aromatic heterocycles. The normalized spacial score (nSPS) is 12.0. The smallest absolute Gasteiger partial charge is 0.417 e. The topological polar surface area (TPSA) is 57.6 Å². The van der Waals surface area contributed by atoms with E-state index in [-0.39, 0.29) is 18.0 Å². The monoisotopic (exact) mass is 463 g/mol. The number of benzene rings is 3. The molecule has 4 nitrogen and oxygen atoms in total. The largest absolute Gasteiger partial charge is 0.508 e. The Hall–Kier alpha value is -3.00. The highest BCUT2D eigenvalue weighted by molar-refractivity contribution is 7.92. The fraction of sp³-hybridized carbons (Fsp3) is 0.250. The summed E-state index contributed by atoms with van der Waals surface area (Å²) < 4.78 is 68.4. The molecule has 0 spiro atoms. The highest BCUT2D eigenvalue weighted by atomic mass is 32.2. The summed E-state index contributed by atoms with van der Waals surface area (Å²) >= 11 is 0. The van der Waals surface area contributed by atoms with E-state index >= 15 is 0 Å². The van der Waals surface area contributed by atoms with Crippen LogP contribution >= 0.6 is 0 Å². The Bertz CT molecular complexity index is 1140. The molecule has 3 rings (SSSR count). The first kappa shape index (κ1) is 23.7. The summed E-state index contributed by atoms with van der Waals surface area (Å²) in [6, 6.07) is 18.0. The molecule has 0 saturated carbocycles. The van der Waals surface area contributed by atoms with Gasteiger partial charge < -0.3 is 5.11 Å². The summed E-state index contributed by atoms with van der Waals surface area (Å²) in [5.74, 6) is -0.159. The van der Waals surface area contributed by atoms with Gasteiger partial charge in [-0.2, -0.15) is 13.2 Å². The average Bonchev–Trinajstić information content (AvgIpc) is 2.73. The van der Waals surface area contributed by atoms with Gasteiger partial charge in [-0.15, -0.1) is 0 Å². The fourth-order valence-corrected chi connectivity index (χ4v) is 5.25. The molecule has 1 N–H and O–H groups in total. The molecule has 8 heteroatoms. The highest BCUT2D eigenvalue weighted by Gasteiger charge is 2.39. The molecule has 32 heavy (non-hydrogen) atoms. The molecule has 0 aliphatic rings. The SMILES string of the molecule is Cc1cc(O)cc(N(CCCCc2ccccc2)S(=O)(=O)c2ccccc2C(F)(F)F)c1. The number of hydrogen-bond donors (Lipinski definition) is 1. The maximum atomic E-state index is 13.5. The highest BCUT2D eigenvalue weighted by Crippen LogP contribution is 2.37. The van der Waals surface area contributed by atoms with Crippen molar-refractivity contribution in [2.24, 2.45) is 0 Å². The number of aromatic hydroxyl groups is 1. The molecule has 0 bridgehead atoms. The van der Waals surface area contributed by atoms with Crippen molar-refractivity contribution in [3.8, 4) is 5.75 Å². The van der Waals surface area contributed by atoms with E-state index in [1.165, 1.54) is 24.3 Å². The average molecular weight is 464 g/mol. The maximum absolute atomic E-state index is 13.5. The summed E-state index contributed by atoms with van der Waals surface area (Å²) in [4.78, 5) is -0.809. The lowest BCUT2D eigenvalue weighted by Crippen LogP contribution is -2.33. The molecule has 0 fully saturated rings. The van der Waals surface area contributed by atoms with Crippen LogP contribution in [-0.2, 0) is 22.6 Å². The van der Waals surface area contributed by atoms with Gasteiger partial charge in [0, 0.05) is 12.6 Å². The van der Waals surface area contributed by atoms with Crippen LogP contribution in [-0.4, -0.2) is 20.1 Å². The van der Waals surface area contributed by atoms with Crippen LogP contribution in [0.3, 0.4) is 0 Å². The van der Waals surface area contributed by atoms with Crippen molar-refractivity contribution in [1.82, 2.24) is 0 Å². The first-order valence-electron chi connectivity index (χ1n) is 10.1. The van der Waals surface area contributed by atoms with E-state index in [4.69, 9.17) is 0 Å². The molecule has 0 aliphatic heterocycles. The first-order valence-corrected chi connectivity index (χ1v) is 11.6. The van der Waals surface area contributed by atoms with Crippen LogP contribution in [0.15, 0.2) is 77.7 Å². The summed E-state index contributed by atoms with van der Waals surface area (Å²) in [5, 5.41) is 9.98. The van der Waals surface area contributed by atoms with Crippen LogP contribution in [0.4, 0.5) is 18.9 Å². The minimum absolute atomic E-state index is 0.0236. The molecule has 3 aromatic carbocycles. The Morgan fingerprint density at radius 3 is 2.22 bits per heavy atom. The van der Waals surface area contributed by atoms with Crippen molar-refractivity contribution in [2.45, 2.75) is 37.3 Å². The first-order chi connectivity index (χ1) is 15.1. The minimum atomic E-state index is -4.82. The number of halogens is 3. The fourth-order valence-electron chi connectivity index (χ4n) is 3.55. The quantitative estimate of drug-likeness (QED) is 0.421. The molecule has 0 heterocycles. The zero-order valence-electron chi connectivity index (χ0n) is 17.5. The third-order valence-electron chi connectivity index (χ3n) is 5.01. The number of hydrogen-bond acceptors (Lipinski definition) is 3. The van der Waals surface area contributed by atoms with E-state index in [1.807, 2.05) is 30.3 Å². The molecule has 0 radical (unpaired) electrons. The number of unbranched alkanes of at least 4 members (excludes halogenated alkanes) is 1. The van der Waals surface area contributed by atoms with Gasteiger partial charge in [0.1, 0.15) is 5.75 Å².